The third kappa shape index (κ3) is 3.32. The summed E-state index contributed by atoms with van der Waals surface area (Å²) in [5.41, 5.74) is 1.90. The van der Waals surface area contributed by atoms with Gasteiger partial charge in [0.05, 0.1) is 12.2 Å². The normalized spacial score (nSPS) is 16.0. The molecular formula is C20H19FO3. The van der Waals surface area contributed by atoms with E-state index in [0.717, 1.165) is 23.3 Å². The van der Waals surface area contributed by atoms with Crippen molar-refractivity contribution in [2.24, 2.45) is 0 Å². The van der Waals surface area contributed by atoms with Crippen LogP contribution in [0.4, 0.5) is 4.39 Å². The average Bonchev–Trinajstić information content (AvgIpc) is 2.92. The second-order valence-electron chi connectivity index (χ2n) is 5.74. The predicted octanol–water partition coefficient (Wildman–Crippen LogP) is 4.44. The first kappa shape index (κ1) is 16.2. The van der Waals surface area contributed by atoms with Gasteiger partial charge in [-0.05, 0) is 50.3 Å². The molecule has 0 saturated heterocycles. The second-order valence-corrected chi connectivity index (χ2v) is 5.74. The van der Waals surface area contributed by atoms with Crippen molar-refractivity contribution < 1.29 is 18.7 Å². The van der Waals surface area contributed by atoms with Crippen LogP contribution < -0.4 is 9.47 Å². The van der Waals surface area contributed by atoms with Crippen LogP contribution in [0.2, 0.25) is 0 Å². The van der Waals surface area contributed by atoms with E-state index in [1.54, 1.807) is 18.2 Å². The van der Waals surface area contributed by atoms with Crippen LogP contribution in [0.25, 0.3) is 6.08 Å². The van der Waals surface area contributed by atoms with E-state index in [1.165, 1.54) is 18.2 Å². The molecule has 2 aromatic rings. The van der Waals surface area contributed by atoms with Crippen LogP contribution >= 0.6 is 0 Å². The molecule has 1 heterocycles. The minimum Gasteiger partial charge on any atom is -0.493 e. The maximum atomic E-state index is 13.7. The van der Waals surface area contributed by atoms with Gasteiger partial charge < -0.3 is 9.47 Å². The number of hydrogen-bond donors (Lipinski definition) is 0. The van der Waals surface area contributed by atoms with Crippen molar-refractivity contribution in [3.63, 3.8) is 0 Å². The van der Waals surface area contributed by atoms with Crippen molar-refractivity contribution >= 4 is 11.9 Å². The molecule has 0 fully saturated rings. The molecule has 4 heteroatoms. The highest BCUT2D eigenvalue weighted by molar-refractivity contribution is 6.07. The van der Waals surface area contributed by atoms with E-state index in [0.29, 0.717) is 12.4 Å². The summed E-state index contributed by atoms with van der Waals surface area (Å²) in [6.07, 6.45) is 3.98. The summed E-state index contributed by atoms with van der Waals surface area (Å²) in [7, 11) is 0. The molecule has 124 valence electrons. The summed E-state index contributed by atoms with van der Waals surface area (Å²) in [4.78, 5) is 12.2. The third-order valence-corrected chi connectivity index (χ3v) is 3.88. The number of halogens is 1. The van der Waals surface area contributed by atoms with Gasteiger partial charge >= 0.3 is 0 Å². The molecule has 0 aliphatic carbocycles. The zero-order chi connectivity index (χ0) is 17.1. The smallest absolute Gasteiger partial charge is 0.188 e. The van der Waals surface area contributed by atoms with Crippen LogP contribution in [0.5, 0.6) is 11.5 Å². The molecule has 1 aliphatic heterocycles. The van der Waals surface area contributed by atoms with Crippen LogP contribution in [0.1, 0.15) is 35.3 Å². The minimum absolute atomic E-state index is 0.0535. The molecular weight excluding hydrogens is 307 g/mol. The number of hydrogen-bond acceptors (Lipinski definition) is 3. The largest absolute Gasteiger partial charge is 0.493 e. The fourth-order valence-electron chi connectivity index (χ4n) is 2.78. The maximum Gasteiger partial charge on any atom is 0.188 e. The summed E-state index contributed by atoms with van der Waals surface area (Å²) in [6, 6.07) is 9.77. The molecule has 24 heavy (non-hydrogen) atoms. The molecule has 0 aromatic heterocycles. The first-order valence-corrected chi connectivity index (χ1v) is 8.01. The molecule has 0 N–H and O–H groups in total. The van der Waals surface area contributed by atoms with Crippen molar-refractivity contribution in [3.8, 4) is 11.5 Å². The lowest BCUT2D eigenvalue weighted by Gasteiger charge is -2.10. The lowest BCUT2D eigenvalue weighted by molar-refractivity contribution is 0.104. The Morgan fingerprint density at radius 1 is 1.38 bits per heavy atom. The molecule has 0 unspecified atom stereocenters. The number of allylic oxidation sites excluding steroid dienone is 1. The van der Waals surface area contributed by atoms with Crippen LogP contribution in [-0.4, -0.2) is 18.5 Å². The van der Waals surface area contributed by atoms with Crippen LogP contribution in [0.3, 0.4) is 0 Å². The quantitative estimate of drug-likeness (QED) is 0.602. The van der Waals surface area contributed by atoms with Gasteiger partial charge in [0.1, 0.15) is 23.4 Å². The number of carbonyl (C=O) groups excluding carboxylic acids is 1. The van der Waals surface area contributed by atoms with Crippen molar-refractivity contribution in [1.29, 1.82) is 0 Å². The molecule has 0 amide bonds. The third-order valence-electron chi connectivity index (χ3n) is 3.88. The molecule has 0 spiro atoms. The van der Waals surface area contributed by atoms with Crippen LogP contribution in [-0.2, 0) is 6.42 Å². The second kappa shape index (κ2) is 6.87. The number of benzene rings is 2. The Bertz CT molecular complexity index is 795. The zero-order valence-electron chi connectivity index (χ0n) is 13.7. The van der Waals surface area contributed by atoms with Gasteiger partial charge in [-0.3, -0.25) is 4.79 Å². The Labute approximate surface area is 140 Å². The maximum absolute atomic E-state index is 13.7. The summed E-state index contributed by atoms with van der Waals surface area (Å²) in [5.74, 6) is 0.601. The highest BCUT2D eigenvalue weighted by Crippen LogP contribution is 2.35. The van der Waals surface area contributed by atoms with Gasteiger partial charge in [0.25, 0.3) is 0 Å². The highest BCUT2D eigenvalue weighted by atomic mass is 19.1. The molecule has 1 aliphatic rings. The Balaban J connectivity index is 1.90. The van der Waals surface area contributed by atoms with Gasteiger partial charge in [-0.1, -0.05) is 12.1 Å². The summed E-state index contributed by atoms with van der Waals surface area (Å²) < 4.78 is 25.1. The number of rotatable bonds is 5. The van der Waals surface area contributed by atoms with Crippen LogP contribution in [0, 0.1) is 5.82 Å². The first-order valence-electron chi connectivity index (χ1n) is 8.01. The van der Waals surface area contributed by atoms with Crippen molar-refractivity contribution in [3.05, 3.63) is 65.0 Å². The van der Waals surface area contributed by atoms with Crippen molar-refractivity contribution in [2.45, 2.75) is 26.4 Å². The van der Waals surface area contributed by atoms with E-state index in [9.17, 15) is 9.18 Å². The fourth-order valence-corrected chi connectivity index (χ4v) is 2.78. The molecule has 3 rings (SSSR count). The number of carbonyl (C=O) groups is 1. The van der Waals surface area contributed by atoms with Gasteiger partial charge in [-0.15, -0.1) is 0 Å². The Kier molecular flexibility index (Phi) is 4.65. The lowest BCUT2D eigenvalue weighted by atomic mass is 10.0. The monoisotopic (exact) mass is 326 g/mol. The molecule has 0 saturated carbocycles. The topological polar surface area (TPSA) is 35.5 Å². The van der Waals surface area contributed by atoms with E-state index in [-0.39, 0.29) is 17.5 Å². The molecule has 1 atom stereocenters. The summed E-state index contributed by atoms with van der Waals surface area (Å²) in [5, 5.41) is 0. The van der Waals surface area contributed by atoms with E-state index in [4.69, 9.17) is 9.47 Å². The molecule has 0 bridgehead atoms. The minimum atomic E-state index is -0.525. The summed E-state index contributed by atoms with van der Waals surface area (Å²) in [6.45, 7) is 4.44. The number of fused-ring (bicyclic) bond motifs is 1. The van der Waals surface area contributed by atoms with Crippen LogP contribution in [0.15, 0.2) is 42.5 Å². The average molecular weight is 326 g/mol. The Morgan fingerprint density at radius 3 is 2.92 bits per heavy atom. The van der Waals surface area contributed by atoms with Gasteiger partial charge in [0.15, 0.2) is 5.78 Å². The SMILES string of the molecule is CCOc1cc2c(cc1/C=C/C(=O)c1ccccc1F)O[C@H](C)C2. The molecule has 3 nitrogen and oxygen atoms in total. The fraction of sp³-hybridized carbons (Fsp3) is 0.250. The predicted molar refractivity (Wildman–Crippen MR) is 91.2 cm³/mol. The van der Waals surface area contributed by atoms with Gasteiger partial charge in [-0.25, -0.2) is 4.39 Å². The van der Waals surface area contributed by atoms with E-state index in [1.807, 2.05) is 26.0 Å². The molecule has 2 aromatic carbocycles. The van der Waals surface area contributed by atoms with Crippen molar-refractivity contribution in [2.75, 3.05) is 6.61 Å². The van der Waals surface area contributed by atoms with Gasteiger partial charge in [-0.2, -0.15) is 0 Å². The summed E-state index contributed by atoms with van der Waals surface area (Å²) >= 11 is 0. The van der Waals surface area contributed by atoms with E-state index < -0.39 is 5.82 Å². The van der Waals surface area contributed by atoms with Gasteiger partial charge in [0.2, 0.25) is 0 Å². The van der Waals surface area contributed by atoms with E-state index >= 15 is 0 Å². The number of ketones is 1. The Morgan fingerprint density at radius 2 is 2.17 bits per heavy atom. The zero-order valence-corrected chi connectivity index (χ0v) is 13.7. The van der Waals surface area contributed by atoms with E-state index in [2.05, 4.69) is 0 Å². The molecule has 0 radical (unpaired) electrons. The highest BCUT2D eigenvalue weighted by Gasteiger charge is 2.21. The first-order chi connectivity index (χ1) is 11.6. The standard InChI is InChI=1S/C20H19FO3/c1-3-23-19-12-15-10-13(2)24-20(15)11-14(19)8-9-18(22)16-6-4-5-7-17(16)21/h4-9,11-13H,3,10H2,1-2H3/b9-8+/t13-/m1/s1. The van der Waals surface area contributed by atoms with Gasteiger partial charge in [0, 0.05) is 17.5 Å². The van der Waals surface area contributed by atoms with Crippen molar-refractivity contribution in [1.82, 2.24) is 0 Å². The number of ether oxygens (including phenoxy) is 2. The Hall–Kier alpha value is -2.62. The lowest BCUT2D eigenvalue weighted by Crippen LogP contribution is -2.05.